The van der Waals surface area contributed by atoms with E-state index in [9.17, 15) is 9.59 Å². The van der Waals surface area contributed by atoms with E-state index in [2.05, 4.69) is 5.32 Å². The van der Waals surface area contributed by atoms with Crippen molar-refractivity contribution in [3.8, 4) is 5.40 Å². The quantitative estimate of drug-likeness (QED) is 0.466. The zero-order valence-electron chi connectivity index (χ0n) is 13.8. The maximum absolute atomic E-state index is 11.9. The Bertz CT molecular complexity index is 785. The Morgan fingerprint density at radius 1 is 1.20 bits per heavy atom. The van der Waals surface area contributed by atoms with Crippen molar-refractivity contribution in [3.63, 3.8) is 0 Å². The first-order valence-electron chi connectivity index (χ1n) is 7.74. The van der Waals surface area contributed by atoms with Crippen molar-refractivity contribution < 1.29 is 14.3 Å². The van der Waals surface area contributed by atoms with Gasteiger partial charge in [0, 0.05) is 17.0 Å². The molecule has 0 aliphatic carbocycles. The van der Waals surface area contributed by atoms with E-state index < -0.39 is 11.9 Å². The number of carbonyl (C=O) groups excluding carboxylic acids is 2. The maximum atomic E-state index is 11.9. The van der Waals surface area contributed by atoms with Crippen molar-refractivity contribution >= 4 is 29.3 Å². The Labute approximate surface area is 151 Å². The first-order chi connectivity index (χ1) is 12.1. The summed E-state index contributed by atoms with van der Waals surface area (Å²) in [7, 11) is 0. The Kier molecular flexibility index (Phi) is 7.05. The van der Waals surface area contributed by atoms with Crippen LogP contribution in [0.2, 0.25) is 0 Å². The lowest BCUT2D eigenvalue weighted by molar-refractivity contribution is -0.147. The number of nitrogens with zero attached hydrogens (tertiary/aromatic N) is 1. The molecule has 2 rings (SSSR count). The molecule has 0 spiro atoms. The molecule has 1 N–H and O–H groups in total. The Balaban J connectivity index is 1.76. The van der Waals surface area contributed by atoms with Crippen molar-refractivity contribution in [2.75, 3.05) is 11.9 Å². The number of hydrogen-bond donors (Lipinski definition) is 1. The highest BCUT2D eigenvalue weighted by Crippen LogP contribution is 2.23. The number of thioether (sulfide) groups is 1. The van der Waals surface area contributed by atoms with Crippen LogP contribution in [-0.2, 0) is 20.7 Å². The second-order valence-corrected chi connectivity index (χ2v) is 6.22. The van der Waals surface area contributed by atoms with Gasteiger partial charge in [-0.1, -0.05) is 30.3 Å². The monoisotopic (exact) mass is 354 g/mol. The molecular weight excluding hydrogens is 336 g/mol. The van der Waals surface area contributed by atoms with Crippen LogP contribution in [0.1, 0.15) is 17.5 Å². The highest BCUT2D eigenvalue weighted by atomic mass is 32.2. The summed E-state index contributed by atoms with van der Waals surface area (Å²) >= 11 is 1.06. The van der Waals surface area contributed by atoms with Crippen LogP contribution in [0.3, 0.4) is 0 Å². The third kappa shape index (κ3) is 6.32. The van der Waals surface area contributed by atoms with Gasteiger partial charge < -0.3 is 10.1 Å². The van der Waals surface area contributed by atoms with E-state index in [-0.39, 0.29) is 13.0 Å². The Morgan fingerprint density at radius 3 is 2.64 bits per heavy atom. The molecule has 0 saturated heterocycles. The van der Waals surface area contributed by atoms with E-state index in [1.54, 1.807) is 12.1 Å². The average molecular weight is 354 g/mol. The first-order valence-corrected chi connectivity index (χ1v) is 8.56. The molecule has 25 heavy (non-hydrogen) atoms. The summed E-state index contributed by atoms with van der Waals surface area (Å²) in [5.74, 6) is -0.798. The van der Waals surface area contributed by atoms with Gasteiger partial charge in [0.2, 0.25) is 0 Å². The van der Waals surface area contributed by atoms with Gasteiger partial charge in [-0.3, -0.25) is 9.59 Å². The lowest BCUT2D eigenvalue weighted by Crippen LogP contribution is -2.21. The fourth-order valence-corrected chi connectivity index (χ4v) is 2.67. The minimum absolute atomic E-state index is 0.233. The summed E-state index contributed by atoms with van der Waals surface area (Å²) < 4.78 is 5.00. The molecule has 128 valence electrons. The molecule has 0 radical (unpaired) electrons. The molecule has 0 aromatic heterocycles. The number of nitrogens with one attached hydrogen (secondary N) is 1. The standard InChI is InChI=1S/C19H18N2O3S/c1-14-11-16(25-13-20)8-9-17(14)21-18(22)12-24-19(23)10-7-15-5-3-2-4-6-15/h2-6,8-9,11H,7,10,12H2,1H3,(H,21,22). The van der Waals surface area contributed by atoms with Crippen LogP contribution in [0, 0.1) is 17.6 Å². The Morgan fingerprint density at radius 2 is 1.96 bits per heavy atom. The lowest BCUT2D eigenvalue weighted by atomic mass is 10.1. The maximum Gasteiger partial charge on any atom is 0.306 e. The zero-order chi connectivity index (χ0) is 18.1. The Hall–Kier alpha value is -2.78. The average Bonchev–Trinajstić information content (AvgIpc) is 2.61. The van der Waals surface area contributed by atoms with Crippen LogP contribution in [0.5, 0.6) is 0 Å². The number of rotatable bonds is 7. The zero-order valence-corrected chi connectivity index (χ0v) is 14.6. The van der Waals surface area contributed by atoms with Gasteiger partial charge in [-0.2, -0.15) is 5.26 Å². The molecule has 5 nitrogen and oxygen atoms in total. The molecule has 2 aromatic carbocycles. The van der Waals surface area contributed by atoms with Crippen LogP contribution >= 0.6 is 11.8 Å². The topological polar surface area (TPSA) is 79.2 Å². The van der Waals surface area contributed by atoms with Crippen molar-refractivity contribution in [1.82, 2.24) is 0 Å². The number of ether oxygens (including phenoxy) is 1. The summed E-state index contributed by atoms with van der Waals surface area (Å²) in [4.78, 5) is 24.4. The number of thiocyanates is 1. The van der Waals surface area contributed by atoms with E-state index >= 15 is 0 Å². The van der Waals surface area contributed by atoms with E-state index in [0.717, 1.165) is 27.8 Å². The smallest absolute Gasteiger partial charge is 0.306 e. The fourth-order valence-electron chi connectivity index (χ4n) is 2.19. The molecule has 0 heterocycles. The second kappa shape index (κ2) is 9.50. The van der Waals surface area contributed by atoms with E-state index in [0.29, 0.717) is 12.1 Å². The van der Waals surface area contributed by atoms with Gasteiger partial charge in [-0.05, 0) is 54.4 Å². The summed E-state index contributed by atoms with van der Waals surface area (Å²) in [5.41, 5.74) is 2.52. The highest BCUT2D eigenvalue weighted by molar-refractivity contribution is 8.03. The van der Waals surface area contributed by atoms with Gasteiger partial charge in [0.1, 0.15) is 5.40 Å². The third-order valence-corrected chi connectivity index (χ3v) is 4.04. The van der Waals surface area contributed by atoms with Crippen molar-refractivity contribution in [3.05, 3.63) is 59.7 Å². The molecule has 0 fully saturated rings. The minimum atomic E-state index is -0.406. The molecule has 0 bridgehead atoms. The third-order valence-electron chi connectivity index (χ3n) is 3.46. The summed E-state index contributed by atoms with van der Waals surface area (Å²) in [5, 5.41) is 13.4. The van der Waals surface area contributed by atoms with Crippen LogP contribution in [0.4, 0.5) is 5.69 Å². The molecule has 0 unspecified atom stereocenters. The van der Waals surface area contributed by atoms with Crippen LogP contribution < -0.4 is 5.32 Å². The predicted molar refractivity (Wildman–Crippen MR) is 97.0 cm³/mol. The van der Waals surface area contributed by atoms with Crippen molar-refractivity contribution in [2.45, 2.75) is 24.7 Å². The normalized spacial score (nSPS) is 9.92. The number of hydrogen-bond acceptors (Lipinski definition) is 5. The number of benzene rings is 2. The van der Waals surface area contributed by atoms with Crippen molar-refractivity contribution in [1.29, 1.82) is 5.26 Å². The minimum Gasteiger partial charge on any atom is -0.456 e. The number of anilines is 1. The summed E-state index contributed by atoms with van der Waals surface area (Å²) in [6.45, 7) is 1.52. The molecule has 0 aliphatic rings. The number of aryl methyl sites for hydroxylation is 2. The number of nitriles is 1. The number of amides is 1. The van der Waals surface area contributed by atoms with Gasteiger partial charge in [0.15, 0.2) is 6.61 Å². The molecule has 0 atom stereocenters. The second-order valence-electron chi connectivity index (χ2n) is 5.36. The van der Waals surface area contributed by atoms with E-state index in [1.807, 2.05) is 48.7 Å². The molecule has 0 saturated carbocycles. The van der Waals surface area contributed by atoms with E-state index in [1.165, 1.54) is 0 Å². The largest absolute Gasteiger partial charge is 0.456 e. The van der Waals surface area contributed by atoms with Crippen LogP contribution in [-0.4, -0.2) is 18.5 Å². The lowest BCUT2D eigenvalue weighted by Gasteiger charge is -2.10. The van der Waals surface area contributed by atoms with E-state index in [4.69, 9.17) is 10.00 Å². The summed E-state index contributed by atoms with van der Waals surface area (Å²) in [6, 6.07) is 14.9. The van der Waals surface area contributed by atoms with Crippen molar-refractivity contribution in [2.24, 2.45) is 0 Å². The predicted octanol–water partition coefficient (Wildman–Crippen LogP) is 3.68. The highest BCUT2D eigenvalue weighted by Gasteiger charge is 2.10. The number of esters is 1. The molecular formula is C19H18N2O3S. The van der Waals surface area contributed by atoms with Gasteiger partial charge in [-0.15, -0.1) is 0 Å². The van der Waals surface area contributed by atoms with Gasteiger partial charge in [-0.25, -0.2) is 0 Å². The first kappa shape index (κ1) is 18.6. The summed E-state index contributed by atoms with van der Waals surface area (Å²) in [6.07, 6.45) is 0.814. The van der Waals surface area contributed by atoms with Gasteiger partial charge >= 0.3 is 5.97 Å². The SMILES string of the molecule is Cc1cc(SC#N)ccc1NC(=O)COC(=O)CCc1ccccc1. The van der Waals surface area contributed by atoms with Crippen LogP contribution in [0.15, 0.2) is 53.4 Å². The number of carbonyl (C=O) groups is 2. The van der Waals surface area contributed by atoms with Gasteiger partial charge in [0.05, 0.1) is 0 Å². The molecule has 6 heteroatoms. The molecule has 2 aromatic rings. The molecule has 1 amide bonds. The molecule has 0 aliphatic heterocycles. The van der Waals surface area contributed by atoms with Gasteiger partial charge in [0.25, 0.3) is 5.91 Å². The van der Waals surface area contributed by atoms with Crippen LogP contribution in [0.25, 0.3) is 0 Å². The fraction of sp³-hybridized carbons (Fsp3) is 0.211.